The molecule has 0 unspecified atom stereocenters. The van der Waals surface area contributed by atoms with Crippen LogP contribution in [0.3, 0.4) is 0 Å². The van der Waals surface area contributed by atoms with Crippen LogP contribution in [-0.2, 0) is 10.3 Å². The predicted molar refractivity (Wildman–Crippen MR) is 59.9 cm³/mol. The molecule has 0 amide bonds. The topological polar surface area (TPSA) is 104 Å². The number of hydrogen-bond acceptors (Lipinski definition) is 6. The zero-order valence-electron chi connectivity index (χ0n) is 10.1. The van der Waals surface area contributed by atoms with E-state index in [9.17, 15) is 14.7 Å². The molecule has 17 heavy (non-hydrogen) atoms. The number of hydrogen-bond donors (Lipinski definition) is 3. The maximum atomic E-state index is 11.5. The van der Waals surface area contributed by atoms with E-state index in [1.165, 1.54) is 0 Å². The second kappa shape index (κ2) is 4.54. The molecular formula is C10H15N3O4. The number of aromatic nitrogens is 2. The molecule has 1 rings (SSSR count). The Balaban J connectivity index is 3.44. The second-order valence-electron chi connectivity index (χ2n) is 3.98. The van der Waals surface area contributed by atoms with Crippen molar-refractivity contribution in [3.8, 4) is 5.75 Å². The molecule has 7 nitrogen and oxygen atoms in total. The summed E-state index contributed by atoms with van der Waals surface area (Å²) in [6.45, 7) is 3.53. The molecule has 94 valence electrons. The number of aromatic hydroxyl groups is 1. The van der Waals surface area contributed by atoms with Crippen molar-refractivity contribution in [2.24, 2.45) is 0 Å². The third-order valence-corrected chi connectivity index (χ3v) is 2.49. The molecule has 0 saturated carbocycles. The molecule has 0 spiro atoms. The Kier molecular flexibility index (Phi) is 3.52. The van der Waals surface area contributed by atoms with Crippen molar-refractivity contribution in [1.29, 1.82) is 0 Å². The van der Waals surface area contributed by atoms with Gasteiger partial charge >= 0.3 is 5.97 Å². The largest absolute Gasteiger partial charge is 0.501 e. The highest BCUT2D eigenvalue weighted by atomic mass is 16.5. The molecule has 0 bridgehead atoms. The van der Waals surface area contributed by atoms with Gasteiger partial charge in [-0.05, 0) is 20.9 Å². The van der Waals surface area contributed by atoms with Crippen molar-refractivity contribution in [1.82, 2.24) is 15.3 Å². The molecule has 7 heteroatoms. The number of H-pyrrole nitrogens is 1. The van der Waals surface area contributed by atoms with Gasteiger partial charge in [0.25, 0.3) is 5.56 Å². The van der Waals surface area contributed by atoms with E-state index < -0.39 is 28.5 Å². The lowest BCUT2D eigenvalue weighted by atomic mass is 10.1. The van der Waals surface area contributed by atoms with E-state index in [1.807, 2.05) is 0 Å². The van der Waals surface area contributed by atoms with E-state index in [4.69, 9.17) is 0 Å². The summed E-state index contributed by atoms with van der Waals surface area (Å²) in [5, 5.41) is 12.4. The monoisotopic (exact) mass is 241 g/mol. The summed E-state index contributed by atoms with van der Waals surface area (Å²) in [5.74, 6) is -1.36. The molecule has 0 aliphatic rings. The average molecular weight is 241 g/mol. The van der Waals surface area contributed by atoms with E-state index in [2.05, 4.69) is 20.0 Å². The summed E-state index contributed by atoms with van der Waals surface area (Å²) in [6.07, 6.45) is 0. The van der Waals surface area contributed by atoms with Gasteiger partial charge in [-0.1, -0.05) is 0 Å². The van der Waals surface area contributed by atoms with Gasteiger partial charge in [0.05, 0.1) is 12.6 Å². The van der Waals surface area contributed by atoms with Crippen LogP contribution in [0.5, 0.6) is 5.75 Å². The van der Waals surface area contributed by atoms with Crippen LogP contribution in [0.15, 0.2) is 4.79 Å². The number of esters is 1. The summed E-state index contributed by atoms with van der Waals surface area (Å²) in [6, 6.07) is 0. The molecular weight excluding hydrogens is 226 g/mol. The first kappa shape index (κ1) is 13.2. The summed E-state index contributed by atoms with van der Waals surface area (Å²) in [7, 11) is 2.83. The summed E-state index contributed by atoms with van der Waals surface area (Å²) in [4.78, 5) is 29.1. The van der Waals surface area contributed by atoms with Gasteiger partial charge in [-0.3, -0.25) is 4.79 Å². The SMILES string of the molecule is CNC(C)(C)c1nc(C(=O)OC)c(O)c(=O)[nH]1. The average Bonchev–Trinajstić information content (AvgIpc) is 2.31. The highest BCUT2D eigenvalue weighted by Gasteiger charge is 2.26. The third kappa shape index (κ3) is 2.44. The smallest absolute Gasteiger partial charge is 0.360 e. The summed E-state index contributed by atoms with van der Waals surface area (Å²) in [5.41, 5.74) is -1.82. The highest BCUT2D eigenvalue weighted by Crippen LogP contribution is 2.17. The zero-order valence-corrected chi connectivity index (χ0v) is 10.1. The predicted octanol–water partition coefficient (Wildman–Crippen LogP) is -0.283. The van der Waals surface area contributed by atoms with Crippen LogP contribution in [0.25, 0.3) is 0 Å². The Labute approximate surface area is 97.8 Å². The minimum absolute atomic E-state index is 0.239. The number of rotatable bonds is 3. The van der Waals surface area contributed by atoms with Gasteiger partial charge in [0, 0.05) is 0 Å². The van der Waals surface area contributed by atoms with Crippen molar-refractivity contribution in [3.63, 3.8) is 0 Å². The van der Waals surface area contributed by atoms with Gasteiger partial charge in [-0.2, -0.15) is 0 Å². The van der Waals surface area contributed by atoms with Crippen molar-refractivity contribution < 1.29 is 14.6 Å². The van der Waals surface area contributed by atoms with Crippen molar-refractivity contribution in [2.45, 2.75) is 19.4 Å². The van der Waals surface area contributed by atoms with Gasteiger partial charge in [-0.15, -0.1) is 0 Å². The molecule has 0 aliphatic heterocycles. The fraction of sp³-hybridized carbons (Fsp3) is 0.500. The van der Waals surface area contributed by atoms with E-state index >= 15 is 0 Å². The molecule has 1 aromatic rings. The van der Waals surface area contributed by atoms with Crippen LogP contribution >= 0.6 is 0 Å². The fourth-order valence-electron chi connectivity index (χ4n) is 1.12. The quantitative estimate of drug-likeness (QED) is 0.628. The first-order chi connectivity index (χ1) is 7.83. The van der Waals surface area contributed by atoms with Crippen LogP contribution in [0.2, 0.25) is 0 Å². The zero-order chi connectivity index (χ0) is 13.2. The summed E-state index contributed by atoms with van der Waals surface area (Å²) < 4.78 is 4.44. The van der Waals surface area contributed by atoms with E-state index in [0.29, 0.717) is 0 Å². The molecule has 1 aromatic heterocycles. The first-order valence-electron chi connectivity index (χ1n) is 4.94. The van der Waals surface area contributed by atoms with Crippen LogP contribution < -0.4 is 10.9 Å². The number of aromatic amines is 1. The molecule has 3 N–H and O–H groups in total. The van der Waals surface area contributed by atoms with Crippen LogP contribution in [0.1, 0.15) is 30.2 Å². The third-order valence-electron chi connectivity index (χ3n) is 2.49. The van der Waals surface area contributed by atoms with Gasteiger partial charge in [0.1, 0.15) is 5.82 Å². The lowest BCUT2D eigenvalue weighted by Crippen LogP contribution is -2.37. The Hall–Kier alpha value is -1.89. The molecule has 0 fully saturated rings. The summed E-state index contributed by atoms with van der Waals surface area (Å²) >= 11 is 0. The molecule has 0 atom stereocenters. The number of ether oxygens (including phenoxy) is 1. The van der Waals surface area contributed by atoms with Gasteiger partial charge < -0.3 is 20.1 Å². The highest BCUT2D eigenvalue weighted by molar-refractivity contribution is 5.89. The van der Waals surface area contributed by atoms with Crippen LogP contribution in [0.4, 0.5) is 0 Å². The molecule has 0 aliphatic carbocycles. The van der Waals surface area contributed by atoms with Crippen molar-refractivity contribution in [3.05, 3.63) is 21.9 Å². The van der Waals surface area contributed by atoms with Gasteiger partial charge in [0.2, 0.25) is 5.75 Å². The van der Waals surface area contributed by atoms with E-state index in [0.717, 1.165) is 7.11 Å². The van der Waals surface area contributed by atoms with E-state index in [-0.39, 0.29) is 5.82 Å². The minimum Gasteiger partial charge on any atom is -0.501 e. The lowest BCUT2D eigenvalue weighted by molar-refractivity contribution is 0.0589. The van der Waals surface area contributed by atoms with E-state index in [1.54, 1.807) is 20.9 Å². The second-order valence-corrected chi connectivity index (χ2v) is 3.98. The van der Waals surface area contributed by atoms with Gasteiger partial charge in [0.15, 0.2) is 5.69 Å². The van der Waals surface area contributed by atoms with Crippen LogP contribution in [0, 0.1) is 0 Å². The van der Waals surface area contributed by atoms with Crippen molar-refractivity contribution >= 4 is 5.97 Å². The molecule has 0 radical (unpaired) electrons. The Morgan fingerprint density at radius 1 is 1.53 bits per heavy atom. The number of methoxy groups -OCH3 is 1. The Morgan fingerprint density at radius 3 is 2.59 bits per heavy atom. The number of nitrogens with zero attached hydrogens (tertiary/aromatic N) is 1. The van der Waals surface area contributed by atoms with Crippen molar-refractivity contribution in [2.75, 3.05) is 14.2 Å². The maximum Gasteiger partial charge on any atom is 0.360 e. The molecule has 0 saturated heterocycles. The standard InChI is InChI=1S/C10H15N3O4/c1-10(2,11-3)9-12-5(8(16)17-4)6(14)7(15)13-9/h11,14H,1-4H3,(H,12,13,15). The minimum atomic E-state index is -0.859. The Bertz CT molecular complexity index is 493. The van der Waals surface area contributed by atoms with Gasteiger partial charge in [-0.25, -0.2) is 9.78 Å². The number of carbonyl (C=O) groups excluding carboxylic acids is 1. The first-order valence-corrected chi connectivity index (χ1v) is 4.94. The number of carbonyl (C=O) groups is 1. The molecule has 1 heterocycles. The maximum absolute atomic E-state index is 11.5. The number of nitrogens with one attached hydrogen (secondary N) is 2. The van der Waals surface area contributed by atoms with Crippen LogP contribution in [-0.4, -0.2) is 35.2 Å². The molecule has 0 aromatic carbocycles. The Morgan fingerprint density at radius 2 is 2.12 bits per heavy atom. The fourth-order valence-corrected chi connectivity index (χ4v) is 1.12. The normalized spacial score (nSPS) is 11.3. The lowest BCUT2D eigenvalue weighted by Gasteiger charge is -2.22.